The number of fused-ring (bicyclic) bond motifs is 1. The fourth-order valence-corrected chi connectivity index (χ4v) is 2.51. The minimum absolute atomic E-state index is 1.05. The summed E-state index contributed by atoms with van der Waals surface area (Å²) in [5, 5.41) is 2.50. The Bertz CT molecular complexity index is 503. The van der Waals surface area contributed by atoms with Gasteiger partial charge in [-0.05, 0) is 53.9 Å². The molecule has 0 bridgehead atoms. The predicted octanol–water partition coefficient (Wildman–Crippen LogP) is 4.51. The predicted molar refractivity (Wildman–Crippen MR) is 68.4 cm³/mol. The van der Waals surface area contributed by atoms with Gasteiger partial charge in [0.2, 0.25) is 0 Å². The molecule has 0 aromatic heterocycles. The quantitative estimate of drug-likeness (QED) is 0.667. The second kappa shape index (κ2) is 3.59. The highest BCUT2D eigenvalue weighted by molar-refractivity contribution is 9.10. The van der Waals surface area contributed by atoms with Crippen LogP contribution in [0.1, 0.15) is 11.1 Å². The Morgan fingerprint density at radius 3 is 2.50 bits per heavy atom. The van der Waals surface area contributed by atoms with Gasteiger partial charge in [0.05, 0.1) is 0 Å². The van der Waals surface area contributed by atoms with Gasteiger partial charge in [0.15, 0.2) is 0 Å². The van der Waals surface area contributed by atoms with Gasteiger partial charge in [-0.3, -0.25) is 0 Å². The minimum Gasteiger partial charge on any atom is -0.143 e. The van der Waals surface area contributed by atoms with E-state index in [0.717, 1.165) is 9.37 Å². The molecule has 14 heavy (non-hydrogen) atoms. The highest BCUT2D eigenvalue weighted by Crippen LogP contribution is 2.29. The molecule has 0 radical (unpaired) electrons. The number of hydrogen-bond donors (Lipinski definition) is 1. The summed E-state index contributed by atoms with van der Waals surface area (Å²) in [6.45, 7) is 4.18. The summed E-state index contributed by atoms with van der Waals surface area (Å²) in [6, 6.07) is 8.60. The fourth-order valence-electron chi connectivity index (χ4n) is 1.60. The van der Waals surface area contributed by atoms with Crippen LogP contribution in [0, 0.1) is 13.8 Å². The molecular weight excluding hydrogens is 256 g/mol. The Labute approximate surface area is 97.9 Å². The average Bonchev–Trinajstić information content (AvgIpc) is 2.08. The molecule has 2 aromatic carbocycles. The van der Waals surface area contributed by atoms with Crippen LogP contribution >= 0.6 is 28.6 Å². The highest BCUT2D eigenvalue weighted by atomic mass is 79.9. The van der Waals surface area contributed by atoms with Crippen molar-refractivity contribution in [2.75, 3.05) is 0 Å². The minimum atomic E-state index is 1.05. The molecule has 0 saturated carbocycles. The van der Waals surface area contributed by atoms with Crippen molar-refractivity contribution in [3.63, 3.8) is 0 Å². The van der Waals surface area contributed by atoms with Crippen molar-refractivity contribution in [1.82, 2.24) is 0 Å². The van der Waals surface area contributed by atoms with Gasteiger partial charge in [0.1, 0.15) is 0 Å². The number of aryl methyl sites for hydroxylation is 2. The molecule has 0 aliphatic carbocycles. The van der Waals surface area contributed by atoms with Gasteiger partial charge in [0, 0.05) is 9.37 Å². The summed E-state index contributed by atoms with van der Waals surface area (Å²) in [6.07, 6.45) is 0. The van der Waals surface area contributed by atoms with Crippen molar-refractivity contribution in [3.05, 3.63) is 39.9 Å². The lowest BCUT2D eigenvalue weighted by Gasteiger charge is -2.06. The number of rotatable bonds is 0. The monoisotopic (exact) mass is 266 g/mol. The SMILES string of the molecule is Cc1cc(Br)c2cc(C)c(S)cc2c1. The van der Waals surface area contributed by atoms with Gasteiger partial charge in [0.25, 0.3) is 0 Å². The first-order valence-corrected chi connectivity index (χ1v) is 5.71. The Balaban J connectivity index is 2.89. The normalized spacial score (nSPS) is 10.9. The molecule has 2 aromatic rings. The average molecular weight is 267 g/mol. The van der Waals surface area contributed by atoms with E-state index in [4.69, 9.17) is 0 Å². The summed E-state index contributed by atoms with van der Waals surface area (Å²) in [4.78, 5) is 1.05. The highest BCUT2D eigenvalue weighted by Gasteiger charge is 2.02. The third-order valence-electron chi connectivity index (χ3n) is 2.36. The lowest BCUT2D eigenvalue weighted by atomic mass is 10.1. The molecule has 0 amide bonds. The molecule has 0 atom stereocenters. The molecule has 0 unspecified atom stereocenters. The van der Waals surface area contributed by atoms with Gasteiger partial charge < -0.3 is 0 Å². The third kappa shape index (κ3) is 1.69. The van der Waals surface area contributed by atoms with Crippen LogP contribution in [-0.4, -0.2) is 0 Å². The maximum Gasteiger partial charge on any atom is 0.0256 e. The van der Waals surface area contributed by atoms with Crippen molar-refractivity contribution < 1.29 is 0 Å². The van der Waals surface area contributed by atoms with Crippen molar-refractivity contribution >= 4 is 39.3 Å². The van der Waals surface area contributed by atoms with Crippen LogP contribution in [0.2, 0.25) is 0 Å². The Morgan fingerprint density at radius 1 is 1.07 bits per heavy atom. The van der Waals surface area contributed by atoms with E-state index in [1.54, 1.807) is 0 Å². The van der Waals surface area contributed by atoms with E-state index >= 15 is 0 Å². The first-order chi connectivity index (χ1) is 6.58. The molecule has 0 aliphatic heterocycles. The van der Waals surface area contributed by atoms with E-state index in [0.29, 0.717) is 0 Å². The molecular formula is C12H11BrS. The van der Waals surface area contributed by atoms with E-state index in [-0.39, 0.29) is 0 Å². The second-order valence-electron chi connectivity index (χ2n) is 3.61. The molecule has 0 N–H and O–H groups in total. The zero-order chi connectivity index (χ0) is 10.3. The Hall–Kier alpha value is -0.470. The lowest BCUT2D eigenvalue weighted by Crippen LogP contribution is -1.82. The molecule has 0 saturated heterocycles. The van der Waals surface area contributed by atoms with Gasteiger partial charge in [-0.15, -0.1) is 12.6 Å². The van der Waals surface area contributed by atoms with Gasteiger partial charge in [-0.2, -0.15) is 0 Å². The van der Waals surface area contributed by atoms with Gasteiger partial charge in [-0.1, -0.05) is 22.0 Å². The standard InChI is InChI=1S/C12H11BrS/c1-7-3-9-6-12(14)8(2)5-10(9)11(13)4-7/h3-6,14H,1-2H3. The first-order valence-electron chi connectivity index (χ1n) is 4.47. The second-order valence-corrected chi connectivity index (χ2v) is 4.94. The van der Waals surface area contributed by atoms with Crippen LogP contribution in [0.4, 0.5) is 0 Å². The number of halogens is 1. The summed E-state index contributed by atoms with van der Waals surface area (Å²) in [7, 11) is 0. The van der Waals surface area contributed by atoms with Crippen molar-refractivity contribution in [2.24, 2.45) is 0 Å². The molecule has 2 rings (SSSR count). The van der Waals surface area contributed by atoms with E-state index in [9.17, 15) is 0 Å². The molecule has 0 aliphatic rings. The first kappa shape index (κ1) is 10.1. The van der Waals surface area contributed by atoms with Gasteiger partial charge in [-0.25, -0.2) is 0 Å². The largest absolute Gasteiger partial charge is 0.143 e. The zero-order valence-corrected chi connectivity index (χ0v) is 10.6. The smallest absolute Gasteiger partial charge is 0.0256 e. The Morgan fingerprint density at radius 2 is 1.79 bits per heavy atom. The van der Waals surface area contributed by atoms with E-state index in [2.05, 4.69) is 66.7 Å². The van der Waals surface area contributed by atoms with Crippen molar-refractivity contribution in [1.29, 1.82) is 0 Å². The molecule has 0 heterocycles. The van der Waals surface area contributed by atoms with E-state index < -0.39 is 0 Å². The van der Waals surface area contributed by atoms with Crippen LogP contribution in [0.3, 0.4) is 0 Å². The number of benzene rings is 2. The fraction of sp³-hybridized carbons (Fsp3) is 0.167. The lowest BCUT2D eigenvalue weighted by molar-refractivity contribution is 1.33. The Kier molecular flexibility index (Phi) is 2.58. The summed E-state index contributed by atoms with van der Waals surface area (Å²) in [5.41, 5.74) is 2.48. The van der Waals surface area contributed by atoms with Crippen LogP contribution in [-0.2, 0) is 0 Å². The number of thiol groups is 1. The van der Waals surface area contributed by atoms with Crippen LogP contribution < -0.4 is 0 Å². The van der Waals surface area contributed by atoms with E-state index in [1.165, 1.54) is 21.9 Å². The molecule has 0 spiro atoms. The molecule has 2 heteroatoms. The van der Waals surface area contributed by atoms with Crippen molar-refractivity contribution in [3.8, 4) is 0 Å². The summed E-state index contributed by atoms with van der Waals surface area (Å²) >= 11 is 8.01. The summed E-state index contributed by atoms with van der Waals surface area (Å²) < 4.78 is 1.16. The molecule has 72 valence electrons. The molecule has 0 nitrogen and oxygen atoms in total. The van der Waals surface area contributed by atoms with Crippen LogP contribution in [0.25, 0.3) is 10.8 Å². The number of hydrogen-bond acceptors (Lipinski definition) is 1. The maximum absolute atomic E-state index is 4.43. The third-order valence-corrected chi connectivity index (χ3v) is 3.50. The topological polar surface area (TPSA) is 0 Å². The summed E-state index contributed by atoms with van der Waals surface area (Å²) in [5.74, 6) is 0. The molecule has 0 fully saturated rings. The van der Waals surface area contributed by atoms with Crippen LogP contribution in [0.15, 0.2) is 33.6 Å². The van der Waals surface area contributed by atoms with Gasteiger partial charge >= 0.3 is 0 Å². The zero-order valence-electron chi connectivity index (χ0n) is 8.13. The van der Waals surface area contributed by atoms with Crippen LogP contribution in [0.5, 0.6) is 0 Å². The van der Waals surface area contributed by atoms with E-state index in [1.807, 2.05) is 0 Å². The van der Waals surface area contributed by atoms with Crippen molar-refractivity contribution in [2.45, 2.75) is 18.7 Å². The maximum atomic E-state index is 4.43.